The average Bonchev–Trinajstić information content (AvgIpc) is 3.38. The molecule has 1 atom stereocenters. The molecule has 0 aliphatic heterocycles. The maximum Gasteiger partial charge on any atom is 0.306 e. The molecule has 422 valence electrons. The summed E-state index contributed by atoms with van der Waals surface area (Å²) >= 11 is 0. The Balaban J connectivity index is 3.41. The van der Waals surface area contributed by atoms with Crippen LogP contribution in [-0.4, -0.2) is 36.4 Å². The molecule has 0 saturated heterocycles. The fourth-order valence-corrected chi connectivity index (χ4v) is 9.74. The van der Waals surface area contributed by atoms with E-state index in [1.807, 2.05) is 0 Å². The van der Waals surface area contributed by atoms with E-state index in [0.29, 0.717) is 12.8 Å². The molecular formula is C67H124O5. The molecule has 0 radical (unpaired) electrons. The Morgan fingerprint density at radius 1 is 0.319 bits per heavy atom. The summed E-state index contributed by atoms with van der Waals surface area (Å²) in [7, 11) is 0. The minimum Gasteiger partial charge on any atom is -0.462 e. The molecule has 0 bridgehead atoms. The quantitative estimate of drug-likeness (QED) is 0.0373. The van der Waals surface area contributed by atoms with E-state index in [4.69, 9.17) is 9.47 Å². The van der Waals surface area contributed by atoms with Gasteiger partial charge in [0, 0.05) is 12.8 Å². The summed E-state index contributed by atoms with van der Waals surface area (Å²) in [6.07, 6.45) is 84.1. The minimum absolute atomic E-state index is 0.0622. The lowest BCUT2D eigenvalue weighted by atomic mass is 10.0. The summed E-state index contributed by atoms with van der Waals surface area (Å²) < 4.78 is 10.7. The van der Waals surface area contributed by atoms with Crippen molar-refractivity contribution in [2.45, 2.75) is 354 Å². The Morgan fingerprint density at radius 2 is 0.556 bits per heavy atom. The first-order chi connectivity index (χ1) is 35.6. The standard InChI is InChI=1S/C67H124O5/c1-3-5-7-9-11-13-15-17-19-21-23-25-27-29-30-31-32-33-34-35-36-38-40-42-44-46-48-50-52-54-56-58-60-62-67(70)72-65(63-68)64-71-66(69)61-59-57-55-53-51-49-47-45-43-41-39-37-28-26-24-22-20-18-16-14-12-10-8-6-4-2/h15-18,21-24,65,68H,3-14,19-20,25-64H2,1-2H3/b17-15-,18-16-,23-21-,24-22-. The van der Waals surface area contributed by atoms with Gasteiger partial charge in [0.2, 0.25) is 0 Å². The fourth-order valence-electron chi connectivity index (χ4n) is 9.74. The Morgan fingerprint density at radius 3 is 0.819 bits per heavy atom. The van der Waals surface area contributed by atoms with E-state index in [2.05, 4.69) is 62.5 Å². The molecule has 0 heterocycles. The molecular weight excluding hydrogens is 885 g/mol. The lowest BCUT2D eigenvalue weighted by Crippen LogP contribution is -2.28. The van der Waals surface area contributed by atoms with Crippen LogP contribution in [0.15, 0.2) is 48.6 Å². The number of hydrogen-bond donors (Lipinski definition) is 1. The van der Waals surface area contributed by atoms with Gasteiger partial charge in [-0.2, -0.15) is 0 Å². The predicted octanol–water partition coefficient (Wildman–Crippen LogP) is 22.0. The Hall–Kier alpha value is -2.14. The van der Waals surface area contributed by atoms with Crippen molar-refractivity contribution in [1.82, 2.24) is 0 Å². The van der Waals surface area contributed by atoms with Crippen LogP contribution in [0.25, 0.3) is 0 Å². The average molecular weight is 1010 g/mol. The monoisotopic (exact) mass is 1010 g/mol. The van der Waals surface area contributed by atoms with Crippen LogP contribution in [0.2, 0.25) is 0 Å². The topological polar surface area (TPSA) is 72.8 Å². The molecule has 0 aromatic carbocycles. The second-order valence-corrected chi connectivity index (χ2v) is 21.8. The fraction of sp³-hybridized carbons (Fsp3) is 0.851. The number of aliphatic hydroxyl groups is 1. The second kappa shape index (κ2) is 63.2. The van der Waals surface area contributed by atoms with E-state index in [9.17, 15) is 14.7 Å². The van der Waals surface area contributed by atoms with Crippen LogP contribution in [0.3, 0.4) is 0 Å². The van der Waals surface area contributed by atoms with Crippen LogP contribution >= 0.6 is 0 Å². The predicted molar refractivity (Wildman–Crippen MR) is 316 cm³/mol. The summed E-state index contributed by atoms with van der Waals surface area (Å²) in [5.41, 5.74) is 0. The Bertz CT molecular complexity index is 1190. The highest BCUT2D eigenvalue weighted by atomic mass is 16.6. The van der Waals surface area contributed by atoms with Crippen molar-refractivity contribution in [3.05, 3.63) is 48.6 Å². The summed E-state index contributed by atoms with van der Waals surface area (Å²) in [4.78, 5) is 24.6. The molecule has 0 fully saturated rings. The number of ether oxygens (including phenoxy) is 2. The highest BCUT2D eigenvalue weighted by molar-refractivity contribution is 5.70. The van der Waals surface area contributed by atoms with Crippen LogP contribution in [0.1, 0.15) is 348 Å². The summed E-state index contributed by atoms with van der Waals surface area (Å²) in [5.74, 6) is -0.573. The van der Waals surface area contributed by atoms with Crippen molar-refractivity contribution in [3.63, 3.8) is 0 Å². The number of rotatable bonds is 60. The molecule has 72 heavy (non-hydrogen) atoms. The molecule has 0 saturated carbocycles. The van der Waals surface area contributed by atoms with Crippen molar-refractivity contribution in [2.75, 3.05) is 13.2 Å². The van der Waals surface area contributed by atoms with E-state index in [-0.39, 0.29) is 25.2 Å². The number of hydrogen-bond acceptors (Lipinski definition) is 5. The van der Waals surface area contributed by atoms with Crippen molar-refractivity contribution in [1.29, 1.82) is 0 Å². The summed E-state index contributed by atoms with van der Waals surface area (Å²) in [5, 5.41) is 9.68. The van der Waals surface area contributed by atoms with Gasteiger partial charge in [0.05, 0.1) is 6.61 Å². The first kappa shape index (κ1) is 69.9. The van der Waals surface area contributed by atoms with Gasteiger partial charge in [-0.25, -0.2) is 0 Å². The van der Waals surface area contributed by atoms with Crippen molar-refractivity contribution < 1.29 is 24.2 Å². The third-order valence-electron chi connectivity index (χ3n) is 14.6. The van der Waals surface area contributed by atoms with Crippen LogP contribution < -0.4 is 0 Å². The third-order valence-corrected chi connectivity index (χ3v) is 14.6. The molecule has 0 aliphatic carbocycles. The number of unbranched alkanes of at least 4 members (excludes halogenated alkanes) is 44. The third kappa shape index (κ3) is 60.4. The van der Waals surface area contributed by atoms with E-state index in [0.717, 1.165) is 51.4 Å². The molecule has 0 aromatic rings. The van der Waals surface area contributed by atoms with Crippen molar-refractivity contribution in [3.8, 4) is 0 Å². The molecule has 5 heteroatoms. The van der Waals surface area contributed by atoms with Gasteiger partial charge >= 0.3 is 11.9 Å². The maximum absolute atomic E-state index is 12.3. The highest BCUT2D eigenvalue weighted by Crippen LogP contribution is 2.18. The van der Waals surface area contributed by atoms with Crippen LogP contribution in [0, 0.1) is 0 Å². The van der Waals surface area contributed by atoms with E-state index in [1.54, 1.807) is 0 Å². The molecule has 0 spiro atoms. The SMILES string of the molecule is CCCCCCC/C=C\C/C=C\CCCCCCCCCCCCCCCCCCCCCCCC(=O)OC(CO)COC(=O)CCCCCCCCCCCCCCC/C=C\C/C=C\CCCCCCC. The van der Waals surface area contributed by atoms with E-state index < -0.39 is 6.10 Å². The molecule has 0 rings (SSSR count). The van der Waals surface area contributed by atoms with Gasteiger partial charge in [-0.1, -0.05) is 306 Å². The number of esters is 2. The Labute approximate surface area is 449 Å². The van der Waals surface area contributed by atoms with Crippen molar-refractivity contribution in [2.24, 2.45) is 0 Å². The molecule has 0 aliphatic rings. The molecule has 1 N–H and O–H groups in total. The van der Waals surface area contributed by atoms with Gasteiger partial charge in [-0.15, -0.1) is 0 Å². The van der Waals surface area contributed by atoms with Gasteiger partial charge in [-0.05, 0) is 77.0 Å². The van der Waals surface area contributed by atoms with Crippen LogP contribution in [0.5, 0.6) is 0 Å². The minimum atomic E-state index is -0.772. The molecule has 0 amide bonds. The first-order valence-electron chi connectivity index (χ1n) is 32.2. The van der Waals surface area contributed by atoms with Gasteiger partial charge in [0.15, 0.2) is 6.10 Å². The maximum atomic E-state index is 12.3. The smallest absolute Gasteiger partial charge is 0.306 e. The number of allylic oxidation sites excluding steroid dienone is 8. The highest BCUT2D eigenvalue weighted by Gasteiger charge is 2.16. The molecule has 1 unspecified atom stereocenters. The summed E-state index contributed by atoms with van der Waals surface area (Å²) in [6, 6.07) is 0. The van der Waals surface area contributed by atoms with Crippen LogP contribution in [-0.2, 0) is 19.1 Å². The zero-order valence-electron chi connectivity index (χ0n) is 48.5. The van der Waals surface area contributed by atoms with E-state index >= 15 is 0 Å². The Kier molecular flexibility index (Phi) is 61.3. The number of carbonyl (C=O) groups is 2. The normalized spacial score (nSPS) is 12.4. The van der Waals surface area contributed by atoms with Gasteiger partial charge in [0.1, 0.15) is 6.61 Å². The lowest BCUT2D eigenvalue weighted by Gasteiger charge is -2.15. The van der Waals surface area contributed by atoms with Gasteiger partial charge in [-0.3, -0.25) is 9.59 Å². The number of carbonyl (C=O) groups excluding carboxylic acids is 2. The largest absolute Gasteiger partial charge is 0.462 e. The first-order valence-corrected chi connectivity index (χ1v) is 32.2. The zero-order chi connectivity index (χ0) is 52.0. The van der Waals surface area contributed by atoms with E-state index in [1.165, 1.54) is 270 Å². The molecule has 0 aromatic heterocycles. The lowest BCUT2D eigenvalue weighted by molar-refractivity contribution is -0.161. The zero-order valence-corrected chi connectivity index (χ0v) is 48.5. The van der Waals surface area contributed by atoms with Gasteiger partial charge < -0.3 is 14.6 Å². The van der Waals surface area contributed by atoms with Gasteiger partial charge in [0.25, 0.3) is 0 Å². The number of aliphatic hydroxyl groups excluding tert-OH is 1. The van der Waals surface area contributed by atoms with Crippen LogP contribution in [0.4, 0.5) is 0 Å². The molecule has 5 nitrogen and oxygen atoms in total. The second-order valence-electron chi connectivity index (χ2n) is 21.8. The summed E-state index contributed by atoms with van der Waals surface area (Å²) in [6.45, 7) is 4.17. The van der Waals surface area contributed by atoms with Crippen molar-refractivity contribution >= 4 is 11.9 Å².